The highest BCUT2D eigenvalue weighted by atomic mass is 16.1. The summed E-state index contributed by atoms with van der Waals surface area (Å²) in [5, 5.41) is 0. The molecule has 110 valence electrons. The Morgan fingerprint density at radius 2 is 1.95 bits per heavy atom. The zero-order valence-electron chi connectivity index (χ0n) is 13.4. The number of rotatable bonds is 5. The van der Waals surface area contributed by atoms with Gasteiger partial charge in [0.2, 0.25) is 0 Å². The Kier molecular flexibility index (Phi) is 5.74. The molecule has 2 unspecified atom stereocenters. The van der Waals surface area contributed by atoms with Gasteiger partial charge in [0, 0.05) is 0 Å². The lowest BCUT2D eigenvalue weighted by Gasteiger charge is -2.43. The average Bonchev–Trinajstić information content (AvgIpc) is 2.38. The Morgan fingerprint density at radius 3 is 2.45 bits per heavy atom. The third-order valence-corrected chi connectivity index (χ3v) is 4.74. The first-order chi connectivity index (χ1) is 9.30. The number of allylic oxidation sites excluding steroid dienone is 6. The highest BCUT2D eigenvalue weighted by Crippen LogP contribution is 2.48. The van der Waals surface area contributed by atoms with Crippen LogP contribution in [0.3, 0.4) is 0 Å². The molecule has 0 spiro atoms. The minimum absolute atomic E-state index is 0.0942. The smallest absolute Gasteiger partial charge is 0.152 e. The van der Waals surface area contributed by atoms with Gasteiger partial charge in [-0.15, -0.1) is 6.58 Å². The Morgan fingerprint density at radius 1 is 1.30 bits per heavy atom. The summed E-state index contributed by atoms with van der Waals surface area (Å²) < 4.78 is 0. The van der Waals surface area contributed by atoms with E-state index in [-0.39, 0.29) is 11.2 Å². The largest absolute Gasteiger partial charge is 0.295 e. The van der Waals surface area contributed by atoms with Gasteiger partial charge in [0.25, 0.3) is 0 Å². The molecule has 3 atom stereocenters. The molecule has 0 heterocycles. The second-order valence-electron chi connectivity index (χ2n) is 6.46. The maximum atomic E-state index is 10.9. The summed E-state index contributed by atoms with van der Waals surface area (Å²) in [6, 6.07) is 0. The van der Waals surface area contributed by atoms with E-state index in [1.807, 2.05) is 6.08 Å². The third kappa shape index (κ3) is 4.06. The average molecular weight is 272 g/mol. The Hall–Kier alpha value is -1.37. The van der Waals surface area contributed by atoms with Gasteiger partial charge in [0.05, 0.1) is 0 Å². The van der Waals surface area contributed by atoms with E-state index in [1.165, 1.54) is 17.6 Å². The molecule has 1 heteroatoms. The van der Waals surface area contributed by atoms with Crippen molar-refractivity contribution in [2.45, 2.75) is 47.0 Å². The Labute approximate surface area is 124 Å². The lowest BCUT2D eigenvalue weighted by molar-refractivity contribution is -0.112. The monoisotopic (exact) mass is 272 g/mol. The second-order valence-corrected chi connectivity index (χ2v) is 6.46. The molecular weight excluding hydrogens is 244 g/mol. The molecule has 0 radical (unpaired) electrons. The number of hydrogen-bond donors (Lipinski definition) is 0. The van der Waals surface area contributed by atoms with Crippen molar-refractivity contribution in [3.63, 3.8) is 0 Å². The standard InChI is InChI=1S/C19H28O/c1-7-19(6)12-11-17(13-18(19)14(2)3)15(4)9-8-10-16(5)20/h7-10,17-18H,1-2,11-13H2,3-6H3/b10-8+,15-9+/t17?,18?,19-/m0/s1. The zero-order chi connectivity index (χ0) is 15.3. The van der Waals surface area contributed by atoms with Crippen LogP contribution in [0.1, 0.15) is 47.0 Å². The molecule has 1 saturated carbocycles. The minimum Gasteiger partial charge on any atom is -0.295 e. The fraction of sp³-hybridized carbons (Fsp3) is 0.526. The van der Waals surface area contributed by atoms with Crippen LogP contribution in [-0.4, -0.2) is 5.78 Å². The van der Waals surface area contributed by atoms with Crippen LogP contribution in [-0.2, 0) is 4.79 Å². The first kappa shape index (κ1) is 16.7. The first-order valence-electron chi connectivity index (χ1n) is 7.44. The van der Waals surface area contributed by atoms with E-state index in [0.29, 0.717) is 11.8 Å². The summed E-state index contributed by atoms with van der Waals surface area (Å²) in [7, 11) is 0. The number of carbonyl (C=O) groups is 1. The van der Waals surface area contributed by atoms with Crippen LogP contribution in [0.25, 0.3) is 0 Å². The van der Waals surface area contributed by atoms with Crippen molar-refractivity contribution in [2.75, 3.05) is 0 Å². The summed E-state index contributed by atoms with van der Waals surface area (Å²) in [5.41, 5.74) is 2.79. The SMILES string of the molecule is C=C[C@@]1(C)CCC(/C(C)=C/C=C/C(C)=O)CC1C(=C)C. The van der Waals surface area contributed by atoms with Crippen LogP contribution in [0.15, 0.2) is 48.6 Å². The molecule has 0 aromatic heterocycles. The maximum Gasteiger partial charge on any atom is 0.152 e. The zero-order valence-corrected chi connectivity index (χ0v) is 13.4. The molecule has 1 aliphatic rings. The lowest BCUT2D eigenvalue weighted by atomic mass is 9.61. The van der Waals surface area contributed by atoms with Gasteiger partial charge in [0.1, 0.15) is 0 Å². The molecule has 1 nitrogen and oxygen atoms in total. The van der Waals surface area contributed by atoms with Crippen LogP contribution >= 0.6 is 0 Å². The van der Waals surface area contributed by atoms with E-state index in [2.05, 4.69) is 46.1 Å². The highest BCUT2D eigenvalue weighted by molar-refractivity contribution is 5.87. The summed E-state index contributed by atoms with van der Waals surface area (Å²) in [4.78, 5) is 10.9. The van der Waals surface area contributed by atoms with Crippen molar-refractivity contribution < 1.29 is 4.79 Å². The van der Waals surface area contributed by atoms with E-state index >= 15 is 0 Å². The fourth-order valence-electron chi connectivity index (χ4n) is 3.22. The number of hydrogen-bond acceptors (Lipinski definition) is 1. The molecule has 0 amide bonds. The van der Waals surface area contributed by atoms with Crippen LogP contribution < -0.4 is 0 Å². The van der Waals surface area contributed by atoms with Crippen LogP contribution in [0.4, 0.5) is 0 Å². The quantitative estimate of drug-likeness (QED) is 0.379. The summed E-state index contributed by atoms with van der Waals surface area (Å²) in [6.45, 7) is 16.4. The van der Waals surface area contributed by atoms with Gasteiger partial charge in [0.15, 0.2) is 5.78 Å². The molecule has 20 heavy (non-hydrogen) atoms. The summed E-state index contributed by atoms with van der Waals surface area (Å²) in [6.07, 6.45) is 11.2. The van der Waals surface area contributed by atoms with Crippen LogP contribution in [0.5, 0.6) is 0 Å². The van der Waals surface area contributed by atoms with Crippen molar-refractivity contribution >= 4 is 5.78 Å². The first-order valence-corrected chi connectivity index (χ1v) is 7.44. The fourth-order valence-corrected chi connectivity index (χ4v) is 3.22. The molecule has 0 bridgehead atoms. The van der Waals surface area contributed by atoms with Crippen molar-refractivity contribution in [1.82, 2.24) is 0 Å². The van der Waals surface area contributed by atoms with E-state index in [9.17, 15) is 4.79 Å². The molecule has 1 aliphatic carbocycles. The van der Waals surface area contributed by atoms with Gasteiger partial charge < -0.3 is 0 Å². The predicted molar refractivity (Wildman–Crippen MR) is 87.5 cm³/mol. The van der Waals surface area contributed by atoms with E-state index in [1.54, 1.807) is 13.0 Å². The maximum absolute atomic E-state index is 10.9. The molecule has 0 saturated heterocycles. The van der Waals surface area contributed by atoms with Crippen molar-refractivity contribution in [3.8, 4) is 0 Å². The van der Waals surface area contributed by atoms with Crippen molar-refractivity contribution in [1.29, 1.82) is 0 Å². The van der Waals surface area contributed by atoms with Gasteiger partial charge in [-0.1, -0.05) is 42.9 Å². The van der Waals surface area contributed by atoms with Gasteiger partial charge in [-0.05, 0) is 63.4 Å². The predicted octanol–water partition coefficient (Wildman–Crippen LogP) is 5.26. The number of carbonyl (C=O) groups excluding carboxylic acids is 1. The van der Waals surface area contributed by atoms with Crippen LogP contribution in [0, 0.1) is 17.3 Å². The van der Waals surface area contributed by atoms with E-state index < -0.39 is 0 Å². The highest BCUT2D eigenvalue weighted by Gasteiger charge is 2.38. The van der Waals surface area contributed by atoms with E-state index in [0.717, 1.165) is 12.8 Å². The van der Waals surface area contributed by atoms with E-state index in [4.69, 9.17) is 0 Å². The van der Waals surface area contributed by atoms with Gasteiger partial charge in [-0.25, -0.2) is 0 Å². The minimum atomic E-state index is 0.0942. The Balaban J connectivity index is 2.84. The molecule has 1 fully saturated rings. The Bertz CT molecular complexity index is 452. The molecular formula is C19H28O. The van der Waals surface area contributed by atoms with Crippen molar-refractivity contribution in [3.05, 3.63) is 48.6 Å². The summed E-state index contributed by atoms with van der Waals surface area (Å²) in [5.74, 6) is 1.18. The molecule has 1 rings (SSSR count). The topological polar surface area (TPSA) is 17.1 Å². The molecule has 0 N–H and O–H groups in total. The van der Waals surface area contributed by atoms with Gasteiger partial charge >= 0.3 is 0 Å². The lowest BCUT2D eigenvalue weighted by Crippen LogP contribution is -2.33. The second kappa shape index (κ2) is 6.88. The summed E-state index contributed by atoms with van der Waals surface area (Å²) >= 11 is 0. The van der Waals surface area contributed by atoms with Gasteiger partial charge in [-0.3, -0.25) is 4.79 Å². The van der Waals surface area contributed by atoms with Crippen molar-refractivity contribution in [2.24, 2.45) is 17.3 Å². The number of ketones is 1. The van der Waals surface area contributed by atoms with Gasteiger partial charge in [-0.2, -0.15) is 0 Å². The molecule has 0 aliphatic heterocycles. The molecule has 0 aromatic rings. The normalized spacial score (nSPS) is 31.3. The third-order valence-electron chi connectivity index (χ3n) is 4.74. The van der Waals surface area contributed by atoms with Crippen LogP contribution in [0.2, 0.25) is 0 Å². The molecule has 0 aromatic carbocycles.